The fourth-order valence-electron chi connectivity index (χ4n) is 1.98. The third kappa shape index (κ3) is 2.41. The summed E-state index contributed by atoms with van der Waals surface area (Å²) in [6.45, 7) is 2.52. The molecule has 0 aliphatic carbocycles. The van der Waals surface area contributed by atoms with Crippen molar-refractivity contribution in [3.63, 3.8) is 0 Å². The number of hydrogen-bond acceptors (Lipinski definition) is 2. The summed E-state index contributed by atoms with van der Waals surface area (Å²) in [5.41, 5.74) is 7.31. The molecule has 1 aliphatic heterocycles. The van der Waals surface area contributed by atoms with Crippen LogP contribution in [0.15, 0.2) is 12.1 Å². The molecule has 0 radical (unpaired) electrons. The lowest BCUT2D eigenvalue weighted by Crippen LogP contribution is -2.48. The van der Waals surface area contributed by atoms with Crippen molar-refractivity contribution in [2.45, 2.75) is 25.8 Å². The minimum Gasteiger partial charge on any atom is -0.320 e. The van der Waals surface area contributed by atoms with E-state index in [2.05, 4.69) is 0 Å². The fourth-order valence-corrected chi connectivity index (χ4v) is 2.46. The minimum atomic E-state index is -0.431. The Hall–Kier alpha value is -0.770. The lowest BCUT2D eigenvalue weighted by atomic mass is 10.0. The molecule has 0 bridgehead atoms. The molecule has 1 aliphatic rings. The van der Waals surface area contributed by atoms with Gasteiger partial charge in [-0.2, -0.15) is 0 Å². The molecule has 1 amide bonds. The highest BCUT2D eigenvalue weighted by Crippen LogP contribution is 2.33. The Morgan fingerprint density at radius 3 is 2.76 bits per heavy atom. The maximum atomic E-state index is 12.0. The van der Waals surface area contributed by atoms with Gasteiger partial charge in [0, 0.05) is 11.6 Å². The van der Waals surface area contributed by atoms with E-state index in [1.807, 2.05) is 6.92 Å². The number of rotatable bonds is 1. The van der Waals surface area contributed by atoms with Crippen molar-refractivity contribution in [1.82, 2.24) is 0 Å². The van der Waals surface area contributed by atoms with Gasteiger partial charge in [-0.05, 0) is 37.5 Å². The molecule has 1 heterocycles. The van der Waals surface area contributed by atoms with Gasteiger partial charge in [-0.25, -0.2) is 0 Å². The molecule has 2 N–H and O–H groups in total. The monoisotopic (exact) mass is 272 g/mol. The van der Waals surface area contributed by atoms with Crippen LogP contribution >= 0.6 is 23.2 Å². The predicted octanol–water partition coefficient (Wildman–Crippen LogP) is 2.76. The minimum absolute atomic E-state index is 0.0851. The lowest BCUT2D eigenvalue weighted by molar-refractivity contribution is -0.120. The number of aryl methyl sites for hydroxylation is 1. The summed E-state index contributed by atoms with van der Waals surface area (Å²) in [4.78, 5) is 13.6. The second kappa shape index (κ2) is 4.84. The molecule has 1 fully saturated rings. The molecule has 17 heavy (non-hydrogen) atoms. The van der Waals surface area contributed by atoms with Gasteiger partial charge in [0.1, 0.15) is 0 Å². The standard InChI is InChI=1S/C12H14Cl2N2O/c1-7-5-9(14)11(6-8(7)13)16-4-2-3-10(15)12(16)17/h5-6,10H,2-4,15H2,1H3. The first-order chi connectivity index (χ1) is 8.00. The van der Waals surface area contributed by atoms with Crippen LogP contribution < -0.4 is 10.6 Å². The molecular formula is C12H14Cl2N2O. The molecule has 1 saturated heterocycles. The number of anilines is 1. The van der Waals surface area contributed by atoms with Gasteiger partial charge in [-0.3, -0.25) is 4.79 Å². The smallest absolute Gasteiger partial charge is 0.243 e. The van der Waals surface area contributed by atoms with Crippen LogP contribution in [0, 0.1) is 6.92 Å². The van der Waals surface area contributed by atoms with Gasteiger partial charge in [0.15, 0.2) is 0 Å². The largest absolute Gasteiger partial charge is 0.320 e. The molecule has 2 rings (SSSR count). The zero-order valence-electron chi connectivity index (χ0n) is 9.54. The fraction of sp³-hybridized carbons (Fsp3) is 0.417. The van der Waals surface area contributed by atoms with Crippen LogP contribution in [0.2, 0.25) is 10.0 Å². The van der Waals surface area contributed by atoms with Gasteiger partial charge in [0.05, 0.1) is 16.8 Å². The maximum absolute atomic E-state index is 12.0. The summed E-state index contributed by atoms with van der Waals surface area (Å²) in [6.07, 6.45) is 1.61. The number of carbonyl (C=O) groups is 1. The highest BCUT2D eigenvalue weighted by Gasteiger charge is 2.28. The maximum Gasteiger partial charge on any atom is 0.243 e. The van der Waals surface area contributed by atoms with Gasteiger partial charge in [0.2, 0.25) is 5.91 Å². The number of nitrogens with two attached hydrogens (primary N) is 1. The molecule has 0 saturated carbocycles. The number of halogens is 2. The van der Waals surface area contributed by atoms with Crippen LogP contribution in [0.5, 0.6) is 0 Å². The van der Waals surface area contributed by atoms with E-state index in [-0.39, 0.29) is 5.91 Å². The Kier molecular flexibility index (Phi) is 3.61. The average Bonchev–Trinajstić information content (AvgIpc) is 2.28. The van der Waals surface area contributed by atoms with E-state index in [4.69, 9.17) is 28.9 Å². The summed E-state index contributed by atoms with van der Waals surface area (Å²) in [7, 11) is 0. The molecule has 1 unspecified atom stereocenters. The van der Waals surface area contributed by atoms with Crippen LogP contribution in [-0.4, -0.2) is 18.5 Å². The molecule has 1 atom stereocenters. The van der Waals surface area contributed by atoms with Gasteiger partial charge >= 0.3 is 0 Å². The van der Waals surface area contributed by atoms with E-state index in [0.717, 1.165) is 18.4 Å². The Balaban J connectivity index is 2.39. The van der Waals surface area contributed by atoms with Crippen molar-refractivity contribution < 1.29 is 4.79 Å². The first kappa shape index (κ1) is 12.7. The van der Waals surface area contributed by atoms with E-state index in [0.29, 0.717) is 22.3 Å². The van der Waals surface area contributed by atoms with Crippen LogP contribution in [0.1, 0.15) is 18.4 Å². The number of hydrogen-bond donors (Lipinski definition) is 1. The van der Waals surface area contributed by atoms with E-state index < -0.39 is 6.04 Å². The van der Waals surface area contributed by atoms with Crippen LogP contribution in [-0.2, 0) is 4.79 Å². The Labute approximate surface area is 110 Å². The second-order valence-corrected chi connectivity index (χ2v) is 5.11. The van der Waals surface area contributed by atoms with Crippen molar-refractivity contribution in [3.05, 3.63) is 27.7 Å². The highest BCUT2D eigenvalue weighted by molar-refractivity contribution is 6.36. The quantitative estimate of drug-likeness (QED) is 0.855. The van der Waals surface area contributed by atoms with Gasteiger partial charge in [-0.15, -0.1) is 0 Å². The van der Waals surface area contributed by atoms with E-state index in [1.165, 1.54) is 0 Å². The normalized spacial score (nSPS) is 20.8. The summed E-state index contributed by atoms with van der Waals surface area (Å²) < 4.78 is 0. The first-order valence-corrected chi connectivity index (χ1v) is 6.29. The Bertz CT molecular complexity index is 462. The number of carbonyl (C=O) groups excluding carboxylic acids is 1. The van der Waals surface area contributed by atoms with Crippen molar-refractivity contribution in [1.29, 1.82) is 0 Å². The number of amides is 1. The first-order valence-electron chi connectivity index (χ1n) is 5.53. The Morgan fingerprint density at radius 1 is 1.35 bits per heavy atom. The van der Waals surface area contributed by atoms with Gasteiger partial charge in [-0.1, -0.05) is 23.2 Å². The van der Waals surface area contributed by atoms with Crippen molar-refractivity contribution in [2.75, 3.05) is 11.4 Å². The topological polar surface area (TPSA) is 46.3 Å². The van der Waals surface area contributed by atoms with Gasteiger partial charge in [0.25, 0.3) is 0 Å². The summed E-state index contributed by atoms with van der Waals surface area (Å²) in [6, 6.07) is 3.07. The molecule has 0 aromatic heterocycles. The molecular weight excluding hydrogens is 259 g/mol. The molecule has 1 aromatic carbocycles. The second-order valence-electron chi connectivity index (χ2n) is 4.29. The van der Waals surface area contributed by atoms with Crippen LogP contribution in [0.25, 0.3) is 0 Å². The zero-order chi connectivity index (χ0) is 12.6. The third-order valence-corrected chi connectivity index (χ3v) is 3.71. The van der Waals surface area contributed by atoms with E-state index in [1.54, 1.807) is 17.0 Å². The van der Waals surface area contributed by atoms with E-state index >= 15 is 0 Å². The van der Waals surface area contributed by atoms with Crippen molar-refractivity contribution in [2.24, 2.45) is 5.73 Å². The Morgan fingerprint density at radius 2 is 2.06 bits per heavy atom. The summed E-state index contributed by atoms with van der Waals surface area (Å²) in [5.74, 6) is -0.0851. The molecule has 92 valence electrons. The van der Waals surface area contributed by atoms with Gasteiger partial charge < -0.3 is 10.6 Å². The van der Waals surface area contributed by atoms with Crippen LogP contribution in [0.3, 0.4) is 0 Å². The summed E-state index contributed by atoms with van der Waals surface area (Å²) >= 11 is 12.2. The highest BCUT2D eigenvalue weighted by atomic mass is 35.5. The molecule has 5 heteroatoms. The average molecular weight is 273 g/mol. The number of nitrogens with zero attached hydrogens (tertiary/aromatic N) is 1. The summed E-state index contributed by atoms with van der Waals surface area (Å²) in [5, 5.41) is 1.14. The number of piperidine rings is 1. The van der Waals surface area contributed by atoms with Crippen molar-refractivity contribution >= 4 is 34.8 Å². The SMILES string of the molecule is Cc1cc(Cl)c(N2CCCC(N)C2=O)cc1Cl. The third-order valence-electron chi connectivity index (χ3n) is 3.00. The number of benzene rings is 1. The predicted molar refractivity (Wildman–Crippen MR) is 70.8 cm³/mol. The van der Waals surface area contributed by atoms with Crippen molar-refractivity contribution in [3.8, 4) is 0 Å². The molecule has 3 nitrogen and oxygen atoms in total. The lowest BCUT2D eigenvalue weighted by Gasteiger charge is -2.31. The molecule has 1 aromatic rings. The molecule has 0 spiro atoms. The van der Waals surface area contributed by atoms with Crippen LogP contribution in [0.4, 0.5) is 5.69 Å². The zero-order valence-corrected chi connectivity index (χ0v) is 11.1. The van der Waals surface area contributed by atoms with E-state index in [9.17, 15) is 4.79 Å².